The van der Waals surface area contributed by atoms with Crippen molar-refractivity contribution >= 4 is 0 Å². The monoisotopic (exact) mass is 210 g/mol. The van der Waals surface area contributed by atoms with Crippen molar-refractivity contribution in [2.45, 2.75) is 13.3 Å². The van der Waals surface area contributed by atoms with Crippen LogP contribution in [0.15, 0.2) is 22.7 Å². The van der Waals surface area contributed by atoms with Crippen LogP contribution in [0.1, 0.15) is 17.3 Å². The van der Waals surface area contributed by atoms with Crippen LogP contribution in [0.5, 0.6) is 0 Å². The molecule has 0 amide bonds. The third-order valence-electron chi connectivity index (χ3n) is 1.92. The molecule has 1 aromatic heterocycles. The molecule has 0 atom stereocenters. The van der Waals surface area contributed by atoms with E-state index in [-0.39, 0.29) is 17.9 Å². The number of rotatable bonds is 2. The maximum atomic E-state index is 13.2. The topological polar surface area (TPSA) is 38.9 Å². The van der Waals surface area contributed by atoms with Crippen LogP contribution in [-0.2, 0) is 6.42 Å². The molecule has 0 bridgehead atoms. The summed E-state index contributed by atoms with van der Waals surface area (Å²) in [6, 6.07) is 3.26. The summed E-state index contributed by atoms with van der Waals surface area (Å²) < 4.78 is 30.8. The number of nitrogens with zero attached hydrogens (tertiary/aromatic N) is 2. The molecule has 0 unspecified atom stereocenters. The molecule has 0 aliphatic heterocycles. The van der Waals surface area contributed by atoms with Gasteiger partial charge in [0.05, 0.1) is 6.42 Å². The molecule has 15 heavy (non-hydrogen) atoms. The van der Waals surface area contributed by atoms with Crippen molar-refractivity contribution in [2.75, 3.05) is 0 Å². The molecule has 78 valence electrons. The summed E-state index contributed by atoms with van der Waals surface area (Å²) >= 11 is 0. The lowest BCUT2D eigenvalue weighted by atomic mass is 10.1. The molecule has 1 aromatic carbocycles. The first-order valence-corrected chi connectivity index (χ1v) is 4.38. The van der Waals surface area contributed by atoms with Gasteiger partial charge in [0.25, 0.3) is 0 Å². The van der Waals surface area contributed by atoms with Crippen molar-refractivity contribution in [1.82, 2.24) is 10.1 Å². The van der Waals surface area contributed by atoms with E-state index in [1.165, 1.54) is 0 Å². The lowest BCUT2D eigenvalue weighted by Crippen LogP contribution is -1.94. The summed E-state index contributed by atoms with van der Waals surface area (Å²) in [5.41, 5.74) is 0.207. The zero-order valence-corrected chi connectivity index (χ0v) is 8.00. The standard InChI is InChI=1S/C10H8F2N2O/c1-6-13-10(15-14-6)5-7-4-8(11)2-3-9(7)12/h2-4H,5H2,1H3. The van der Waals surface area contributed by atoms with Gasteiger partial charge in [-0.05, 0) is 25.1 Å². The highest BCUT2D eigenvalue weighted by molar-refractivity contribution is 5.21. The molecular formula is C10H8F2N2O. The molecule has 0 radical (unpaired) electrons. The highest BCUT2D eigenvalue weighted by Crippen LogP contribution is 2.13. The zero-order valence-electron chi connectivity index (χ0n) is 8.00. The van der Waals surface area contributed by atoms with Gasteiger partial charge in [-0.25, -0.2) is 8.78 Å². The van der Waals surface area contributed by atoms with Crippen LogP contribution in [0, 0.1) is 18.6 Å². The van der Waals surface area contributed by atoms with Crippen molar-refractivity contribution in [2.24, 2.45) is 0 Å². The first-order chi connectivity index (χ1) is 7.15. The third kappa shape index (κ3) is 2.18. The van der Waals surface area contributed by atoms with Gasteiger partial charge in [0.1, 0.15) is 11.6 Å². The Bertz CT molecular complexity index is 482. The number of aryl methyl sites for hydroxylation is 1. The minimum Gasteiger partial charge on any atom is -0.339 e. The molecule has 2 aromatic rings. The average Bonchev–Trinajstić information content (AvgIpc) is 2.58. The molecule has 0 aliphatic carbocycles. The van der Waals surface area contributed by atoms with Crippen LogP contribution in [0.3, 0.4) is 0 Å². The second-order valence-electron chi connectivity index (χ2n) is 3.15. The predicted octanol–water partition coefficient (Wildman–Crippen LogP) is 2.25. The number of benzene rings is 1. The van der Waals surface area contributed by atoms with E-state index < -0.39 is 11.6 Å². The Kier molecular flexibility index (Phi) is 2.45. The molecule has 0 spiro atoms. The molecule has 0 N–H and O–H groups in total. The minimum atomic E-state index is -0.484. The van der Waals surface area contributed by atoms with Crippen LogP contribution in [-0.4, -0.2) is 10.1 Å². The van der Waals surface area contributed by atoms with Crippen LogP contribution < -0.4 is 0 Å². The van der Waals surface area contributed by atoms with Gasteiger partial charge in [-0.15, -0.1) is 0 Å². The van der Waals surface area contributed by atoms with E-state index in [0.717, 1.165) is 18.2 Å². The van der Waals surface area contributed by atoms with E-state index in [1.54, 1.807) is 6.92 Å². The molecule has 3 nitrogen and oxygen atoms in total. The summed E-state index contributed by atoms with van der Waals surface area (Å²) in [6.45, 7) is 1.66. The highest BCUT2D eigenvalue weighted by atomic mass is 19.1. The van der Waals surface area contributed by atoms with Gasteiger partial charge in [-0.2, -0.15) is 4.98 Å². The summed E-state index contributed by atoms with van der Waals surface area (Å²) in [5, 5.41) is 3.56. The highest BCUT2D eigenvalue weighted by Gasteiger charge is 2.09. The first-order valence-electron chi connectivity index (χ1n) is 4.38. The van der Waals surface area contributed by atoms with Crippen LogP contribution in [0.25, 0.3) is 0 Å². The Morgan fingerprint density at radius 1 is 1.33 bits per heavy atom. The Morgan fingerprint density at radius 3 is 2.80 bits per heavy atom. The average molecular weight is 210 g/mol. The van der Waals surface area contributed by atoms with Gasteiger partial charge < -0.3 is 4.52 Å². The minimum absolute atomic E-state index is 0.102. The fourth-order valence-electron chi connectivity index (χ4n) is 1.25. The molecular weight excluding hydrogens is 202 g/mol. The van der Waals surface area contributed by atoms with Crippen molar-refractivity contribution in [3.8, 4) is 0 Å². The number of hydrogen-bond acceptors (Lipinski definition) is 3. The first kappa shape index (κ1) is 9.76. The summed E-state index contributed by atoms with van der Waals surface area (Å²) in [5.74, 6) is -0.214. The van der Waals surface area contributed by atoms with Crippen molar-refractivity contribution in [3.63, 3.8) is 0 Å². The lowest BCUT2D eigenvalue weighted by Gasteiger charge is -1.98. The second-order valence-corrected chi connectivity index (χ2v) is 3.15. The summed E-state index contributed by atoms with van der Waals surface area (Å²) in [7, 11) is 0. The molecule has 0 aliphatic rings. The van der Waals surface area contributed by atoms with Gasteiger partial charge in [0.15, 0.2) is 5.82 Å². The largest absolute Gasteiger partial charge is 0.339 e. The second kappa shape index (κ2) is 3.76. The molecule has 0 saturated heterocycles. The van der Waals surface area contributed by atoms with Crippen molar-refractivity contribution in [1.29, 1.82) is 0 Å². The third-order valence-corrected chi connectivity index (χ3v) is 1.92. The van der Waals surface area contributed by atoms with E-state index >= 15 is 0 Å². The quantitative estimate of drug-likeness (QED) is 0.763. The molecule has 1 heterocycles. The van der Waals surface area contributed by atoms with E-state index in [2.05, 4.69) is 10.1 Å². The van der Waals surface area contributed by atoms with Crippen LogP contribution in [0.4, 0.5) is 8.78 Å². The smallest absolute Gasteiger partial charge is 0.231 e. The van der Waals surface area contributed by atoms with Gasteiger partial charge in [0, 0.05) is 5.56 Å². The normalized spacial score (nSPS) is 10.6. The van der Waals surface area contributed by atoms with E-state index in [0.29, 0.717) is 5.82 Å². The molecule has 0 saturated carbocycles. The SMILES string of the molecule is Cc1noc(Cc2cc(F)ccc2F)n1. The van der Waals surface area contributed by atoms with Gasteiger partial charge >= 0.3 is 0 Å². The summed E-state index contributed by atoms with van der Waals surface area (Å²) in [6.07, 6.45) is 0.102. The van der Waals surface area contributed by atoms with Crippen LogP contribution >= 0.6 is 0 Å². The Hall–Kier alpha value is -1.78. The van der Waals surface area contributed by atoms with Crippen molar-refractivity contribution < 1.29 is 13.3 Å². The molecule has 5 heteroatoms. The fourth-order valence-corrected chi connectivity index (χ4v) is 1.25. The van der Waals surface area contributed by atoms with Gasteiger partial charge in [0.2, 0.25) is 5.89 Å². The van der Waals surface area contributed by atoms with Crippen molar-refractivity contribution in [3.05, 3.63) is 47.1 Å². The Balaban J connectivity index is 2.27. The fraction of sp³-hybridized carbons (Fsp3) is 0.200. The maximum absolute atomic E-state index is 13.2. The maximum Gasteiger partial charge on any atom is 0.231 e. The number of hydrogen-bond donors (Lipinski definition) is 0. The Morgan fingerprint density at radius 2 is 2.13 bits per heavy atom. The van der Waals surface area contributed by atoms with Gasteiger partial charge in [-0.1, -0.05) is 5.16 Å². The molecule has 0 fully saturated rings. The predicted molar refractivity (Wildman–Crippen MR) is 48.2 cm³/mol. The van der Waals surface area contributed by atoms with E-state index in [1.807, 2.05) is 0 Å². The lowest BCUT2D eigenvalue weighted by molar-refractivity contribution is 0.379. The Labute approximate surface area is 84.7 Å². The van der Waals surface area contributed by atoms with E-state index in [4.69, 9.17) is 4.52 Å². The zero-order chi connectivity index (χ0) is 10.8. The van der Waals surface area contributed by atoms with Gasteiger partial charge in [-0.3, -0.25) is 0 Å². The van der Waals surface area contributed by atoms with Crippen LogP contribution in [0.2, 0.25) is 0 Å². The molecule has 2 rings (SSSR count). The number of aromatic nitrogens is 2. The number of halogens is 2. The summed E-state index contributed by atoms with van der Waals surface area (Å²) in [4.78, 5) is 3.91. The van der Waals surface area contributed by atoms with E-state index in [9.17, 15) is 8.78 Å².